The van der Waals surface area contributed by atoms with Crippen molar-refractivity contribution in [2.24, 2.45) is 0 Å². The second kappa shape index (κ2) is 5.15. The molecule has 1 aromatic carbocycles. The molecule has 2 aromatic rings. The monoisotopic (exact) mass is 249 g/mol. The molecule has 0 radical (unpaired) electrons. The Balaban J connectivity index is 2.33. The molecular formula is C13H12ClNO2. The highest BCUT2D eigenvalue weighted by molar-refractivity contribution is 6.20. The molecule has 0 aliphatic rings. The number of halogens is 1. The third-order valence-electron chi connectivity index (χ3n) is 2.64. The van der Waals surface area contributed by atoms with Crippen molar-refractivity contribution in [3.05, 3.63) is 41.6 Å². The van der Waals surface area contributed by atoms with Gasteiger partial charge in [-0.1, -0.05) is 17.7 Å². The molecule has 4 heteroatoms. The first kappa shape index (κ1) is 11.9. The summed E-state index contributed by atoms with van der Waals surface area (Å²) in [5.74, 6) is 0. The van der Waals surface area contributed by atoms with Crippen LogP contribution in [-0.2, 0) is 16.0 Å². The summed E-state index contributed by atoms with van der Waals surface area (Å²) >= 11 is 5.86. The molecule has 0 fully saturated rings. The highest BCUT2D eigenvalue weighted by atomic mass is 35.5. The van der Waals surface area contributed by atoms with Gasteiger partial charge < -0.3 is 4.74 Å². The van der Waals surface area contributed by atoms with E-state index in [4.69, 9.17) is 11.6 Å². The number of nitrogens with zero attached hydrogens (tertiary/aromatic N) is 1. The summed E-state index contributed by atoms with van der Waals surface area (Å²) in [5, 5.41) is 1.09. The molecule has 2 rings (SSSR count). The average Bonchev–Trinajstić information content (AvgIpc) is 2.30. The first-order chi connectivity index (χ1) is 8.20. The minimum atomic E-state index is -0.632. The lowest BCUT2D eigenvalue weighted by Crippen LogP contribution is -2.08. The number of aryl methyl sites for hydroxylation is 1. The molecule has 1 atom stereocenters. The van der Waals surface area contributed by atoms with E-state index in [1.807, 2.05) is 25.1 Å². The second-order valence-electron chi connectivity index (χ2n) is 3.82. The van der Waals surface area contributed by atoms with E-state index in [2.05, 4.69) is 15.8 Å². The second-order valence-corrected chi connectivity index (χ2v) is 4.31. The van der Waals surface area contributed by atoms with E-state index in [1.54, 1.807) is 6.20 Å². The highest BCUT2D eigenvalue weighted by Gasteiger charge is 2.09. The molecule has 0 bridgehead atoms. The predicted molar refractivity (Wildman–Crippen MR) is 67.0 cm³/mol. The molecule has 0 aliphatic carbocycles. The fourth-order valence-corrected chi connectivity index (χ4v) is 1.99. The minimum absolute atomic E-state index is 0.367. The van der Waals surface area contributed by atoms with Gasteiger partial charge in [-0.25, -0.2) is 0 Å². The Kier molecular flexibility index (Phi) is 3.59. The van der Waals surface area contributed by atoms with Crippen molar-refractivity contribution in [1.29, 1.82) is 0 Å². The van der Waals surface area contributed by atoms with Crippen molar-refractivity contribution < 1.29 is 9.53 Å². The number of pyridine rings is 1. The van der Waals surface area contributed by atoms with Crippen molar-refractivity contribution >= 4 is 29.0 Å². The van der Waals surface area contributed by atoms with Crippen LogP contribution >= 0.6 is 11.6 Å². The van der Waals surface area contributed by atoms with Gasteiger partial charge in [0.25, 0.3) is 6.47 Å². The van der Waals surface area contributed by atoms with Gasteiger partial charge in [-0.2, -0.15) is 0 Å². The van der Waals surface area contributed by atoms with Crippen LogP contribution in [0.25, 0.3) is 10.9 Å². The molecule has 0 amide bonds. The quantitative estimate of drug-likeness (QED) is 0.618. The van der Waals surface area contributed by atoms with Crippen molar-refractivity contribution in [1.82, 2.24) is 4.98 Å². The number of benzene rings is 1. The first-order valence-electron chi connectivity index (χ1n) is 5.28. The number of alkyl halides is 1. The van der Waals surface area contributed by atoms with Gasteiger partial charge in [0.05, 0.1) is 5.52 Å². The van der Waals surface area contributed by atoms with Crippen LogP contribution in [0.1, 0.15) is 11.1 Å². The fraction of sp³-hybridized carbons (Fsp3) is 0.231. The molecule has 88 valence electrons. The van der Waals surface area contributed by atoms with Crippen molar-refractivity contribution in [3.63, 3.8) is 0 Å². The number of ether oxygens (including phenoxy) is 1. The summed E-state index contributed by atoms with van der Waals surface area (Å²) in [6, 6.07) is 7.96. The maximum atomic E-state index is 10.2. The van der Waals surface area contributed by atoms with E-state index in [-0.39, 0.29) is 0 Å². The summed E-state index contributed by atoms with van der Waals surface area (Å²) in [7, 11) is 0. The van der Waals surface area contributed by atoms with Gasteiger partial charge in [0.2, 0.25) is 0 Å². The number of carbonyl (C=O) groups is 1. The Bertz CT molecular complexity index is 542. The highest BCUT2D eigenvalue weighted by Crippen LogP contribution is 2.20. The predicted octanol–water partition coefficient (Wildman–Crippen LogP) is 2.82. The number of hydrogen-bond donors (Lipinski definition) is 0. The molecule has 17 heavy (non-hydrogen) atoms. The van der Waals surface area contributed by atoms with Gasteiger partial charge in [-0.15, -0.1) is 0 Å². The lowest BCUT2D eigenvalue weighted by molar-refractivity contribution is -0.130. The number of rotatable bonds is 4. The van der Waals surface area contributed by atoms with Gasteiger partial charge in [-0.05, 0) is 36.2 Å². The Morgan fingerprint density at radius 1 is 1.53 bits per heavy atom. The number of carbonyl (C=O) groups excluding carboxylic acids is 1. The summed E-state index contributed by atoms with van der Waals surface area (Å²) < 4.78 is 4.68. The van der Waals surface area contributed by atoms with Crippen LogP contribution in [0.5, 0.6) is 0 Å². The lowest BCUT2D eigenvalue weighted by Gasteiger charge is -2.11. The number of fused-ring (bicyclic) bond motifs is 1. The number of aromatic nitrogens is 1. The summed E-state index contributed by atoms with van der Waals surface area (Å²) in [4.78, 5) is 14.5. The van der Waals surface area contributed by atoms with Crippen LogP contribution < -0.4 is 0 Å². The van der Waals surface area contributed by atoms with Crippen LogP contribution in [0.4, 0.5) is 0 Å². The SMILES string of the molecule is Cc1cc2cccnc2cc1CC(Cl)OC=O. The molecule has 0 spiro atoms. The molecular weight excluding hydrogens is 238 g/mol. The standard InChI is InChI=1S/C13H12ClNO2/c1-9-5-10-3-2-4-15-12(10)6-11(9)7-13(14)17-8-16/h2-6,8,13H,7H2,1H3. The van der Waals surface area contributed by atoms with Gasteiger partial charge in [0.15, 0.2) is 5.56 Å². The zero-order chi connectivity index (χ0) is 12.3. The van der Waals surface area contributed by atoms with Crippen molar-refractivity contribution in [2.45, 2.75) is 18.9 Å². The zero-order valence-electron chi connectivity index (χ0n) is 9.39. The van der Waals surface area contributed by atoms with Gasteiger partial charge in [0.1, 0.15) is 0 Å². The first-order valence-corrected chi connectivity index (χ1v) is 5.72. The fourth-order valence-electron chi connectivity index (χ4n) is 1.78. The van der Waals surface area contributed by atoms with E-state index in [0.717, 1.165) is 22.0 Å². The minimum Gasteiger partial charge on any atom is -0.448 e. The molecule has 0 aliphatic heterocycles. The Morgan fingerprint density at radius 3 is 3.12 bits per heavy atom. The van der Waals surface area contributed by atoms with Gasteiger partial charge in [-0.3, -0.25) is 9.78 Å². The van der Waals surface area contributed by atoms with Crippen LogP contribution in [0.2, 0.25) is 0 Å². The maximum absolute atomic E-state index is 10.2. The van der Waals surface area contributed by atoms with E-state index in [0.29, 0.717) is 12.9 Å². The van der Waals surface area contributed by atoms with Crippen LogP contribution in [-0.4, -0.2) is 17.0 Å². The largest absolute Gasteiger partial charge is 0.448 e. The zero-order valence-corrected chi connectivity index (χ0v) is 10.1. The van der Waals surface area contributed by atoms with Gasteiger partial charge in [0, 0.05) is 18.0 Å². The molecule has 0 saturated carbocycles. The third kappa shape index (κ3) is 2.74. The molecule has 0 saturated heterocycles. The summed E-state index contributed by atoms with van der Waals surface area (Å²) in [6.45, 7) is 2.37. The maximum Gasteiger partial charge on any atom is 0.294 e. The third-order valence-corrected chi connectivity index (χ3v) is 2.90. The Labute approximate surface area is 104 Å². The van der Waals surface area contributed by atoms with Crippen LogP contribution in [0.3, 0.4) is 0 Å². The van der Waals surface area contributed by atoms with Gasteiger partial charge >= 0.3 is 0 Å². The van der Waals surface area contributed by atoms with E-state index >= 15 is 0 Å². The average molecular weight is 250 g/mol. The molecule has 3 nitrogen and oxygen atoms in total. The Hall–Kier alpha value is -1.61. The van der Waals surface area contributed by atoms with E-state index < -0.39 is 5.56 Å². The molecule has 1 heterocycles. The topological polar surface area (TPSA) is 39.2 Å². The summed E-state index contributed by atoms with van der Waals surface area (Å²) in [5.41, 5.74) is 2.44. The van der Waals surface area contributed by atoms with Crippen molar-refractivity contribution in [2.75, 3.05) is 0 Å². The smallest absolute Gasteiger partial charge is 0.294 e. The van der Waals surface area contributed by atoms with Crippen LogP contribution in [0.15, 0.2) is 30.5 Å². The van der Waals surface area contributed by atoms with Crippen LogP contribution in [0, 0.1) is 6.92 Å². The molecule has 1 unspecified atom stereocenters. The van der Waals surface area contributed by atoms with E-state index in [1.165, 1.54) is 0 Å². The number of hydrogen-bond acceptors (Lipinski definition) is 3. The normalized spacial score (nSPS) is 12.4. The van der Waals surface area contributed by atoms with E-state index in [9.17, 15) is 4.79 Å². The molecule has 0 N–H and O–H groups in total. The summed E-state index contributed by atoms with van der Waals surface area (Å²) in [6.07, 6.45) is 2.24. The molecule has 1 aromatic heterocycles. The lowest BCUT2D eigenvalue weighted by atomic mass is 10.0. The van der Waals surface area contributed by atoms with Crippen molar-refractivity contribution in [3.8, 4) is 0 Å². The Morgan fingerprint density at radius 2 is 2.35 bits per heavy atom.